The highest BCUT2D eigenvalue weighted by Gasteiger charge is 2.36. The minimum absolute atomic E-state index is 0. The van der Waals surface area contributed by atoms with Gasteiger partial charge in [0.2, 0.25) is 15.9 Å². The van der Waals surface area contributed by atoms with Crippen LogP contribution >= 0.6 is 12.4 Å². The molecule has 0 radical (unpaired) electrons. The summed E-state index contributed by atoms with van der Waals surface area (Å²) in [7, 11) is -3.64. The van der Waals surface area contributed by atoms with E-state index in [9.17, 15) is 13.2 Å². The quantitative estimate of drug-likeness (QED) is 0.742. The van der Waals surface area contributed by atoms with E-state index < -0.39 is 10.0 Å². The molecule has 2 aliphatic rings. The van der Waals surface area contributed by atoms with E-state index in [1.54, 1.807) is 13.8 Å². The Morgan fingerprint density at radius 2 is 1.93 bits per heavy atom. The number of rotatable bonds is 5. The number of hydrogen-bond acceptors (Lipinski definition) is 6. The Hall–Kier alpha value is -1.16. The highest BCUT2D eigenvalue weighted by Crippen LogP contribution is 2.29. The van der Waals surface area contributed by atoms with E-state index in [2.05, 4.69) is 10.5 Å². The second-order valence-corrected chi connectivity index (χ2v) is 9.25. The summed E-state index contributed by atoms with van der Waals surface area (Å²) < 4.78 is 32.1. The number of carbonyl (C=O) groups excluding carboxylic acids is 1. The number of aromatic nitrogens is 1. The molecule has 1 aromatic rings. The van der Waals surface area contributed by atoms with E-state index in [4.69, 9.17) is 10.3 Å². The lowest BCUT2D eigenvalue weighted by Crippen LogP contribution is -2.47. The van der Waals surface area contributed by atoms with E-state index in [1.165, 1.54) is 4.31 Å². The van der Waals surface area contributed by atoms with Gasteiger partial charge in [0.05, 0.1) is 0 Å². The molecule has 1 aliphatic heterocycles. The highest BCUT2D eigenvalue weighted by molar-refractivity contribution is 7.89. The predicted molar refractivity (Wildman–Crippen MR) is 103 cm³/mol. The molecule has 0 bridgehead atoms. The van der Waals surface area contributed by atoms with E-state index in [1.807, 2.05) is 0 Å². The van der Waals surface area contributed by atoms with E-state index in [0.717, 1.165) is 19.3 Å². The molecule has 2 unspecified atom stereocenters. The molecule has 1 aliphatic carbocycles. The molecule has 1 saturated carbocycles. The van der Waals surface area contributed by atoms with Crippen LogP contribution in [-0.2, 0) is 14.8 Å². The van der Waals surface area contributed by atoms with Crippen molar-refractivity contribution in [2.45, 2.75) is 56.9 Å². The van der Waals surface area contributed by atoms with Crippen LogP contribution in [-0.4, -0.2) is 49.5 Å². The molecule has 2 fully saturated rings. The fourth-order valence-corrected chi connectivity index (χ4v) is 5.90. The average Bonchev–Trinajstić information content (AvgIpc) is 3.20. The van der Waals surface area contributed by atoms with Crippen LogP contribution in [0.25, 0.3) is 0 Å². The molecule has 2 heterocycles. The maximum atomic E-state index is 12.8. The van der Waals surface area contributed by atoms with Gasteiger partial charge in [0, 0.05) is 25.0 Å². The molecular formula is C17H29ClN4O4S. The molecule has 1 aromatic heterocycles. The zero-order valence-electron chi connectivity index (χ0n) is 15.8. The van der Waals surface area contributed by atoms with Gasteiger partial charge in [-0.3, -0.25) is 4.79 Å². The van der Waals surface area contributed by atoms with Gasteiger partial charge in [-0.25, -0.2) is 8.42 Å². The summed E-state index contributed by atoms with van der Waals surface area (Å²) >= 11 is 0. The van der Waals surface area contributed by atoms with Gasteiger partial charge >= 0.3 is 0 Å². The summed E-state index contributed by atoms with van der Waals surface area (Å²) in [6.07, 6.45) is 4.19. The Balaban J connectivity index is 0.00000261. The lowest BCUT2D eigenvalue weighted by molar-refractivity contribution is -0.127. The second-order valence-electron chi connectivity index (χ2n) is 7.37. The average molecular weight is 421 g/mol. The van der Waals surface area contributed by atoms with Crippen LogP contribution in [0.15, 0.2) is 9.42 Å². The number of amides is 1. The highest BCUT2D eigenvalue weighted by atomic mass is 35.5. The standard InChI is InChI=1S/C17H28N4O4S.ClH/c1-11-16(12(2)25-20-11)26(23,24)21-8-6-13(7-9-21)17(22)19-15-5-3-4-14(15)10-18;/h13-15H,3-10,18H2,1-2H3,(H,19,22);1H. The van der Waals surface area contributed by atoms with Crippen molar-refractivity contribution in [3.8, 4) is 0 Å². The Bertz CT molecular complexity index is 739. The number of piperidine rings is 1. The number of nitrogens with two attached hydrogens (primary N) is 1. The van der Waals surface area contributed by atoms with Gasteiger partial charge in [0.1, 0.15) is 10.6 Å². The van der Waals surface area contributed by atoms with Crippen molar-refractivity contribution in [1.29, 1.82) is 0 Å². The number of carbonyl (C=O) groups is 1. The first-order valence-corrected chi connectivity index (χ1v) is 10.7. The Kier molecular flexibility index (Phi) is 7.29. The maximum Gasteiger partial charge on any atom is 0.248 e. The summed E-state index contributed by atoms with van der Waals surface area (Å²) in [5, 5.41) is 6.87. The van der Waals surface area contributed by atoms with Crippen molar-refractivity contribution in [3.05, 3.63) is 11.5 Å². The Morgan fingerprint density at radius 3 is 2.48 bits per heavy atom. The number of nitrogens with zero attached hydrogens (tertiary/aromatic N) is 2. The number of nitrogens with one attached hydrogen (secondary N) is 1. The van der Waals surface area contributed by atoms with E-state index in [0.29, 0.717) is 49.8 Å². The number of halogens is 1. The molecule has 8 nitrogen and oxygen atoms in total. The smallest absolute Gasteiger partial charge is 0.248 e. The molecule has 27 heavy (non-hydrogen) atoms. The molecule has 154 valence electrons. The van der Waals surface area contributed by atoms with Crippen LogP contribution in [0.5, 0.6) is 0 Å². The summed E-state index contributed by atoms with van der Waals surface area (Å²) in [6, 6.07) is 0.163. The third-order valence-electron chi connectivity index (χ3n) is 5.68. The van der Waals surface area contributed by atoms with Gasteiger partial charge in [-0.15, -0.1) is 12.4 Å². The summed E-state index contributed by atoms with van der Waals surface area (Å²) in [5.41, 5.74) is 6.15. The predicted octanol–water partition coefficient (Wildman–Crippen LogP) is 1.36. The fourth-order valence-electron chi connectivity index (χ4n) is 4.14. The van der Waals surface area contributed by atoms with Gasteiger partial charge in [0.15, 0.2) is 5.76 Å². The fraction of sp³-hybridized carbons (Fsp3) is 0.765. The molecule has 10 heteroatoms. The van der Waals surface area contributed by atoms with Crippen LogP contribution in [0.2, 0.25) is 0 Å². The first-order valence-electron chi connectivity index (χ1n) is 9.28. The third-order valence-corrected chi connectivity index (χ3v) is 7.82. The molecule has 3 rings (SSSR count). The van der Waals surface area contributed by atoms with E-state index >= 15 is 0 Å². The van der Waals surface area contributed by atoms with Crippen LogP contribution in [0.4, 0.5) is 0 Å². The largest absolute Gasteiger partial charge is 0.360 e. The minimum Gasteiger partial charge on any atom is -0.360 e. The molecule has 1 amide bonds. The normalized spacial score (nSPS) is 24.6. The second kappa shape index (κ2) is 8.89. The Labute approximate surface area is 166 Å². The van der Waals surface area contributed by atoms with Crippen molar-refractivity contribution >= 4 is 28.3 Å². The molecule has 2 atom stereocenters. The molecule has 3 N–H and O–H groups in total. The van der Waals surface area contributed by atoms with Crippen LogP contribution in [0.3, 0.4) is 0 Å². The van der Waals surface area contributed by atoms with Crippen LogP contribution < -0.4 is 11.1 Å². The summed E-state index contributed by atoms with van der Waals surface area (Å²) in [6.45, 7) is 4.48. The third kappa shape index (κ3) is 4.47. The molecular weight excluding hydrogens is 392 g/mol. The summed E-state index contributed by atoms with van der Waals surface area (Å²) in [5.74, 6) is 0.547. The SMILES string of the molecule is Cc1noc(C)c1S(=O)(=O)N1CCC(C(=O)NC2CCCC2CN)CC1.Cl. The molecule has 1 saturated heterocycles. The lowest BCUT2D eigenvalue weighted by atomic mass is 9.95. The van der Waals surface area contributed by atoms with E-state index in [-0.39, 0.29) is 35.2 Å². The number of aryl methyl sites for hydroxylation is 2. The first kappa shape index (κ1) is 22.1. The Morgan fingerprint density at radius 1 is 1.26 bits per heavy atom. The molecule has 0 aromatic carbocycles. The monoisotopic (exact) mass is 420 g/mol. The van der Waals surface area contributed by atoms with Crippen LogP contribution in [0.1, 0.15) is 43.6 Å². The van der Waals surface area contributed by atoms with Crippen LogP contribution in [0, 0.1) is 25.7 Å². The zero-order chi connectivity index (χ0) is 18.9. The van der Waals surface area contributed by atoms with Gasteiger partial charge in [-0.05, 0) is 52.0 Å². The zero-order valence-corrected chi connectivity index (χ0v) is 17.4. The summed E-state index contributed by atoms with van der Waals surface area (Å²) in [4.78, 5) is 12.7. The van der Waals surface area contributed by atoms with Crippen molar-refractivity contribution in [2.75, 3.05) is 19.6 Å². The molecule has 0 spiro atoms. The topological polar surface area (TPSA) is 119 Å². The maximum absolute atomic E-state index is 12.8. The van der Waals surface area contributed by atoms with Gasteiger partial charge in [-0.1, -0.05) is 11.6 Å². The van der Waals surface area contributed by atoms with Gasteiger partial charge < -0.3 is 15.6 Å². The van der Waals surface area contributed by atoms with Gasteiger partial charge in [0.25, 0.3) is 0 Å². The lowest BCUT2D eigenvalue weighted by Gasteiger charge is -2.31. The first-order chi connectivity index (χ1) is 12.3. The van der Waals surface area contributed by atoms with Crippen molar-refractivity contribution < 1.29 is 17.7 Å². The van der Waals surface area contributed by atoms with Crippen molar-refractivity contribution in [1.82, 2.24) is 14.8 Å². The van der Waals surface area contributed by atoms with Crippen molar-refractivity contribution in [2.24, 2.45) is 17.6 Å². The minimum atomic E-state index is -3.64. The van der Waals surface area contributed by atoms with Gasteiger partial charge in [-0.2, -0.15) is 4.31 Å². The number of hydrogen-bond donors (Lipinski definition) is 2. The van der Waals surface area contributed by atoms with Crippen molar-refractivity contribution in [3.63, 3.8) is 0 Å². The number of sulfonamides is 1.